The highest BCUT2D eigenvalue weighted by molar-refractivity contribution is 5.78. The van der Waals surface area contributed by atoms with Gasteiger partial charge in [-0.25, -0.2) is 4.98 Å². The van der Waals surface area contributed by atoms with E-state index in [9.17, 15) is 9.59 Å². The quantitative estimate of drug-likeness (QED) is 0.714. The molecule has 1 heterocycles. The van der Waals surface area contributed by atoms with Gasteiger partial charge in [-0.15, -0.1) is 0 Å². The molecule has 28 heavy (non-hydrogen) atoms. The van der Waals surface area contributed by atoms with Crippen molar-refractivity contribution in [3.05, 3.63) is 74.7 Å². The summed E-state index contributed by atoms with van der Waals surface area (Å²) in [5.41, 5.74) is 6.46. The van der Waals surface area contributed by atoms with Crippen LogP contribution in [0.5, 0.6) is 0 Å². The van der Waals surface area contributed by atoms with Crippen molar-refractivity contribution in [3.8, 4) is 0 Å². The first kappa shape index (κ1) is 19.8. The van der Waals surface area contributed by atoms with Gasteiger partial charge in [-0.3, -0.25) is 9.59 Å². The number of aromatic nitrogens is 2. The van der Waals surface area contributed by atoms with Gasteiger partial charge in [0, 0.05) is 19.5 Å². The van der Waals surface area contributed by atoms with Crippen LogP contribution in [0.2, 0.25) is 0 Å². The normalized spacial score (nSPS) is 11.0. The van der Waals surface area contributed by atoms with E-state index >= 15 is 0 Å². The SMILES string of the molecule is CCc1ccc(CNC(=O)CCn2c(=O)c(C)nc3cc(C)c(C)cc32)cc1. The number of fused-ring (bicyclic) bond motifs is 1. The van der Waals surface area contributed by atoms with Crippen molar-refractivity contribution in [2.24, 2.45) is 0 Å². The van der Waals surface area contributed by atoms with Crippen LogP contribution in [0, 0.1) is 20.8 Å². The molecule has 0 aliphatic rings. The lowest BCUT2D eigenvalue weighted by Gasteiger charge is -2.13. The second kappa shape index (κ2) is 8.38. The highest BCUT2D eigenvalue weighted by atomic mass is 16.1. The van der Waals surface area contributed by atoms with E-state index in [2.05, 4.69) is 29.4 Å². The Labute approximate surface area is 165 Å². The molecule has 0 bridgehead atoms. The fourth-order valence-electron chi connectivity index (χ4n) is 3.24. The molecular formula is C23H27N3O2. The molecule has 1 N–H and O–H groups in total. The van der Waals surface area contributed by atoms with E-state index in [1.165, 1.54) is 5.56 Å². The number of nitrogens with zero attached hydrogens (tertiary/aromatic N) is 2. The Hall–Kier alpha value is -2.95. The van der Waals surface area contributed by atoms with Crippen molar-refractivity contribution in [1.29, 1.82) is 0 Å². The zero-order chi connectivity index (χ0) is 20.3. The van der Waals surface area contributed by atoms with Crippen LogP contribution >= 0.6 is 0 Å². The van der Waals surface area contributed by atoms with Crippen LogP contribution in [0.1, 0.15) is 41.3 Å². The summed E-state index contributed by atoms with van der Waals surface area (Å²) in [7, 11) is 0. The maximum Gasteiger partial charge on any atom is 0.272 e. The number of hydrogen-bond donors (Lipinski definition) is 1. The summed E-state index contributed by atoms with van der Waals surface area (Å²) in [5, 5.41) is 2.94. The summed E-state index contributed by atoms with van der Waals surface area (Å²) in [4.78, 5) is 29.3. The van der Waals surface area contributed by atoms with Crippen molar-refractivity contribution in [3.63, 3.8) is 0 Å². The summed E-state index contributed by atoms with van der Waals surface area (Å²) in [6.07, 6.45) is 1.25. The first-order chi connectivity index (χ1) is 13.4. The summed E-state index contributed by atoms with van der Waals surface area (Å²) in [5.74, 6) is -0.0714. The van der Waals surface area contributed by atoms with E-state index in [0.29, 0.717) is 18.8 Å². The van der Waals surface area contributed by atoms with E-state index < -0.39 is 0 Å². The minimum atomic E-state index is -0.140. The standard InChI is InChI=1S/C23H27N3O2/c1-5-18-6-8-19(9-7-18)14-24-22(27)10-11-26-21-13-16(3)15(2)12-20(21)25-17(4)23(26)28/h6-9,12-13H,5,10-11,14H2,1-4H3,(H,24,27). The third-order valence-corrected chi connectivity index (χ3v) is 5.21. The van der Waals surface area contributed by atoms with Gasteiger partial charge >= 0.3 is 0 Å². The third kappa shape index (κ3) is 4.30. The maximum atomic E-state index is 12.6. The van der Waals surface area contributed by atoms with Crippen LogP contribution in [-0.4, -0.2) is 15.5 Å². The molecule has 0 unspecified atom stereocenters. The number of hydrogen-bond acceptors (Lipinski definition) is 3. The first-order valence-electron chi connectivity index (χ1n) is 9.72. The number of aryl methyl sites for hydroxylation is 5. The molecule has 0 aliphatic carbocycles. The molecule has 1 amide bonds. The number of benzene rings is 2. The molecule has 3 rings (SSSR count). The molecule has 0 saturated heterocycles. The fourth-order valence-corrected chi connectivity index (χ4v) is 3.24. The number of amides is 1. The van der Waals surface area contributed by atoms with Gasteiger partial charge in [-0.1, -0.05) is 31.2 Å². The van der Waals surface area contributed by atoms with Crippen LogP contribution in [0.3, 0.4) is 0 Å². The largest absolute Gasteiger partial charge is 0.352 e. The fraction of sp³-hybridized carbons (Fsp3) is 0.348. The van der Waals surface area contributed by atoms with Gasteiger partial charge in [0.25, 0.3) is 5.56 Å². The number of nitrogens with one attached hydrogen (secondary N) is 1. The van der Waals surface area contributed by atoms with E-state index in [1.807, 2.05) is 38.1 Å². The first-order valence-corrected chi connectivity index (χ1v) is 9.72. The lowest BCUT2D eigenvalue weighted by atomic mass is 10.1. The molecule has 0 spiro atoms. The van der Waals surface area contributed by atoms with Gasteiger partial charge in [0.05, 0.1) is 11.0 Å². The molecule has 2 aromatic carbocycles. The summed E-state index contributed by atoms with van der Waals surface area (Å²) < 4.78 is 1.67. The second-order valence-electron chi connectivity index (χ2n) is 7.28. The van der Waals surface area contributed by atoms with Crippen LogP contribution in [0.15, 0.2) is 41.2 Å². The Kier molecular flexibility index (Phi) is 5.93. The predicted octanol–water partition coefficient (Wildman–Crippen LogP) is 3.59. The second-order valence-corrected chi connectivity index (χ2v) is 7.28. The van der Waals surface area contributed by atoms with Crippen molar-refractivity contribution >= 4 is 16.9 Å². The van der Waals surface area contributed by atoms with Crippen LogP contribution < -0.4 is 10.9 Å². The molecule has 1 aromatic heterocycles. The summed E-state index contributed by atoms with van der Waals surface area (Å²) in [6.45, 7) is 8.70. The molecule has 0 atom stereocenters. The highest BCUT2D eigenvalue weighted by Crippen LogP contribution is 2.17. The van der Waals surface area contributed by atoms with Crippen molar-refractivity contribution < 1.29 is 4.79 Å². The topological polar surface area (TPSA) is 64.0 Å². The lowest BCUT2D eigenvalue weighted by Crippen LogP contribution is -2.29. The Morgan fingerprint density at radius 1 is 1.04 bits per heavy atom. The Morgan fingerprint density at radius 2 is 1.68 bits per heavy atom. The zero-order valence-corrected chi connectivity index (χ0v) is 17.0. The van der Waals surface area contributed by atoms with Gasteiger partial charge < -0.3 is 9.88 Å². The van der Waals surface area contributed by atoms with Gasteiger partial charge in [0.2, 0.25) is 5.91 Å². The molecule has 0 aliphatic heterocycles. The molecule has 0 radical (unpaired) electrons. The van der Waals surface area contributed by atoms with Gasteiger partial charge in [-0.2, -0.15) is 0 Å². The van der Waals surface area contributed by atoms with E-state index in [-0.39, 0.29) is 17.9 Å². The van der Waals surface area contributed by atoms with Gasteiger partial charge in [-0.05, 0) is 61.6 Å². The lowest BCUT2D eigenvalue weighted by molar-refractivity contribution is -0.121. The van der Waals surface area contributed by atoms with Crippen LogP contribution in [0.25, 0.3) is 11.0 Å². The maximum absolute atomic E-state index is 12.6. The minimum absolute atomic E-state index is 0.0714. The summed E-state index contributed by atoms with van der Waals surface area (Å²) in [6, 6.07) is 12.2. The smallest absolute Gasteiger partial charge is 0.272 e. The molecule has 146 valence electrons. The number of carbonyl (C=O) groups is 1. The van der Waals surface area contributed by atoms with Gasteiger partial charge in [0.1, 0.15) is 5.69 Å². The Bertz CT molecular complexity index is 1070. The van der Waals surface area contributed by atoms with Gasteiger partial charge in [0.15, 0.2) is 0 Å². The monoisotopic (exact) mass is 377 g/mol. The average molecular weight is 377 g/mol. The third-order valence-electron chi connectivity index (χ3n) is 5.21. The van der Waals surface area contributed by atoms with Crippen molar-refractivity contribution in [2.75, 3.05) is 0 Å². The van der Waals surface area contributed by atoms with Crippen LogP contribution in [0.4, 0.5) is 0 Å². The van der Waals surface area contributed by atoms with E-state index in [0.717, 1.165) is 34.1 Å². The Balaban J connectivity index is 1.71. The van der Waals surface area contributed by atoms with E-state index in [1.54, 1.807) is 11.5 Å². The van der Waals surface area contributed by atoms with Crippen LogP contribution in [-0.2, 0) is 24.3 Å². The molecule has 5 heteroatoms. The zero-order valence-electron chi connectivity index (χ0n) is 17.0. The summed E-state index contributed by atoms with van der Waals surface area (Å²) >= 11 is 0. The molecule has 0 fully saturated rings. The minimum Gasteiger partial charge on any atom is -0.352 e. The number of rotatable bonds is 6. The van der Waals surface area contributed by atoms with Crippen molar-refractivity contribution in [1.82, 2.24) is 14.9 Å². The van der Waals surface area contributed by atoms with E-state index in [4.69, 9.17) is 0 Å². The van der Waals surface area contributed by atoms with Crippen molar-refractivity contribution in [2.45, 2.75) is 53.6 Å². The Morgan fingerprint density at radius 3 is 2.36 bits per heavy atom. The average Bonchev–Trinajstić information content (AvgIpc) is 2.69. The predicted molar refractivity (Wildman–Crippen MR) is 112 cm³/mol. The number of carbonyl (C=O) groups excluding carboxylic acids is 1. The highest BCUT2D eigenvalue weighted by Gasteiger charge is 2.11. The molecular weight excluding hydrogens is 350 g/mol. The molecule has 3 aromatic rings. The molecule has 0 saturated carbocycles. The molecule has 5 nitrogen and oxygen atoms in total.